The van der Waals surface area contributed by atoms with Crippen LogP contribution in [0.2, 0.25) is 0 Å². The van der Waals surface area contributed by atoms with Crippen LogP contribution in [0.15, 0.2) is 54.7 Å². The molecule has 39 heavy (non-hydrogen) atoms. The summed E-state index contributed by atoms with van der Waals surface area (Å²) >= 11 is 0. The second-order valence-electron chi connectivity index (χ2n) is 11.4. The van der Waals surface area contributed by atoms with Crippen molar-refractivity contribution in [3.05, 3.63) is 65.9 Å². The van der Waals surface area contributed by atoms with Gasteiger partial charge in [-0.1, -0.05) is 42.8 Å². The first-order valence-electron chi connectivity index (χ1n) is 14.7. The average molecular weight is 532 g/mol. The summed E-state index contributed by atoms with van der Waals surface area (Å²) in [6.45, 7) is 6.51. The minimum absolute atomic E-state index is 0.00213. The van der Waals surface area contributed by atoms with Gasteiger partial charge in [0.1, 0.15) is 5.75 Å². The third kappa shape index (κ3) is 7.41. The van der Waals surface area contributed by atoms with Crippen LogP contribution in [0.5, 0.6) is 5.75 Å². The Balaban J connectivity index is 1.20. The van der Waals surface area contributed by atoms with Crippen LogP contribution in [-0.4, -0.2) is 91.1 Å². The van der Waals surface area contributed by atoms with Gasteiger partial charge in [0, 0.05) is 60.9 Å². The fraction of sp³-hybridized carbons (Fsp3) is 0.531. The standard InChI is InChI=1S/C32H45N5O2/c1-35(22-25-10-4-7-13-31(25)39-2)23-27(20-26-21-33-30-12-6-5-11-29(26)30)34-32(38)24-36-18-14-28(15-19-36)37-16-8-3-9-17-37/h4-7,10-13,21,27-28,33H,3,8-9,14-20,22-24H2,1-2H3,(H,34,38). The number of aromatic amines is 1. The summed E-state index contributed by atoms with van der Waals surface area (Å²) in [5.41, 5.74) is 3.52. The Morgan fingerprint density at radius 1 is 1.03 bits per heavy atom. The molecule has 2 N–H and O–H groups in total. The second kappa shape index (κ2) is 13.5. The molecule has 0 bridgehead atoms. The molecule has 5 rings (SSSR count). The quantitative estimate of drug-likeness (QED) is 0.387. The smallest absolute Gasteiger partial charge is 0.234 e. The zero-order valence-electron chi connectivity index (χ0n) is 23.7. The fourth-order valence-corrected chi connectivity index (χ4v) is 6.49. The van der Waals surface area contributed by atoms with E-state index in [1.54, 1.807) is 7.11 Å². The summed E-state index contributed by atoms with van der Waals surface area (Å²) in [7, 11) is 3.83. The average Bonchev–Trinajstić information content (AvgIpc) is 3.36. The summed E-state index contributed by atoms with van der Waals surface area (Å²) in [6.07, 6.45) is 9.28. The summed E-state index contributed by atoms with van der Waals surface area (Å²) in [4.78, 5) is 24.0. The molecule has 1 atom stereocenters. The monoisotopic (exact) mass is 531 g/mol. The number of aromatic nitrogens is 1. The number of hydrogen-bond donors (Lipinski definition) is 2. The molecule has 3 heterocycles. The van der Waals surface area contributed by atoms with Crippen molar-refractivity contribution in [2.24, 2.45) is 0 Å². The van der Waals surface area contributed by atoms with E-state index in [4.69, 9.17) is 4.74 Å². The molecule has 210 valence electrons. The van der Waals surface area contributed by atoms with Gasteiger partial charge in [-0.3, -0.25) is 14.6 Å². The van der Waals surface area contributed by atoms with Gasteiger partial charge in [0.2, 0.25) is 5.91 Å². The number of likely N-dealkylation sites (tertiary alicyclic amines) is 2. The second-order valence-corrected chi connectivity index (χ2v) is 11.4. The number of hydrogen-bond acceptors (Lipinski definition) is 5. The molecule has 7 nitrogen and oxygen atoms in total. The number of nitrogens with one attached hydrogen (secondary N) is 2. The number of rotatable bonds is 11. The summed E-state index contributed by atoms with van der Waals surface area (Å²) in [5, 5.41) is 4.64. The van der Waals surface area contributed by atoms with Gasteiger partial charge in [-0.2, -0.15) is 0 Å². The number of benzene rings is 2. The van der Waals surface area contributed by atoms with Gasteiger partial charge < -0.3 is 19.9 Å². The highest BCUT2D eigenvalue weighted by Crippen LogP contribution is 2.23. The molecule has 2 aliphatic heterocycles. The Morgan fingerprint density at radius 2 is 1.77 bits per heavy atom. The molecule has 7 heteroatoms. The number of fused-ring (bicyclic) bond motifs is 1. The molecule has 0 saturated carbocycles. The summed E-state index contributed by atoms with van der Waals surface area (Å²) < 4.78 is 5.57. The van der Waals surface area contributed by atoms with E-state index >= 15 is 0 Å². The van der Waals surface area contributed by atoms with Crippen LogP contribution < -0.4 is 10.1 Å². The lowest BCUT2D eigenvalue weighted by Crippen LogP contribution is -2.51. The van der Waals surface area contributed by atoms with Crippen molar-refractivity contribution in [1.29, 1.82) is 0 Å². The van der Waals surface area contributed by atoms with Crippen LogP contribution >= 0.6 is 0 Å². The van der Waals surface area contributed by atoms with E-state index in [2.05, 4.69) is 68.6 Å². The molecule has 1 unspecified atom stereocenters. The highest BCUT2D eigenvalue weighted by Gasteiger charge is 2.27. The third-order valence-electron chi connectivity index (χ3n) is 8.50. The SMILES string of the molecule is COc1ccccc1CN(C)CC(Cc1c[nH]c2ccccc12)NC(=O)CN1CCC(N2CCCCC2)CC1. The van der Waals surface area contributed by atoms with Crippen LogP contribution in [-0.2, 0) is 17.8 Å². The van der Waals surface area contributed by atoms with Crippen LogP contribution in [0.25, 0.3) is 10.9 Å². The number of methoxy groups -OCH3 is 1. The van der Waals surface area contributed by atoms with Gasteiger partial charge in [0.05, 0.1) is 13.7 Å². The number of piperidine rings is 2. The van der Waals surface area contributed by atoms with E-state index < -0.39 is 0 Å². The highest BCUT2D eigenvalue weighted by molar-refractivity contribution is 5.83. The van der Waals surface area contributed by atoms with Crippen LogP contribution in [0.3, 0.4) is 0 Å². The molecule has 1 amide bonds. The van der Waals surface area contributed by atoms with Crippen molar-refractivity contribution < 1.29 is 9.53 Å². The van der Waals surface area contributed by atoms with E-state index in [1.165, 1.54) is 56.1 Å². The molecule has 2 fully saturated rings. The number of ether oxygens (including phenoxy) is 1. The first-order valence-corrected chi connectivity index (χ1v) is 14.7. The first kappa shape index (κ1) is 27.7. The predicted octanol–water partition coefficient (Wildman–Crippen LogP) is 4.29. The van der Waals surface area contributed by atoms with Crippen LogP contribution in [0, 0.1) is 0 Å². The van der Waals surface area contributed by atoms with E-state index in [1.807, 2.05) is 18.2 Å². The molecule has 0 spiro atoms. The van der Waals surface area contributed by atoms with E-state index in [-0.39, 0.29) is 11.9 Å². The van der Waals surface area contributed by atoms with Crippen molar-refractivity contribution in [3.63, 3.8) is 0 Å². The van der Waals surface area contributed by atoms with Gasteiger partial charge in [-0.25, -0.2) is 0 Å². The maximum absolute atomic E-state index is 13.3. The zero-order valence-corrected chi connectivity index (χ0v) is 23.7. The molecule has 2 aliphatic rings. The Hall–Kier alpha value is -2.87. The van der Waals surface area contributed by atoms with Gasteiger partial charge >= 0.3 is 0 Å². The molecular formula is C32H45N5O2. The Morgan fingerprint density at radius 3 is 2.56 bits per heavy atom. The Kier molecular flexibility index (Phi) is 9.56. The van der Waals surface area contributed by atoms with Gasteiger partial charge in [-0.15, -0.1) is 0 Å². The van der Waals surface area contributed by atoms with Crippen molar-refractivity contribution in [2.75, 3.05) is 53.4 Å². The Bertz CT molecular complexity index is 1200. The number of para-hydroxylation sites is 2. The number of H-pyrrole nitrogens is 1. The first-order chi connectivity index (χ1) is 19.1. The molecule has 0 aliphatic carbocycles. The van der Waals surface area contributed by atoms with Crippen molar-refractivity contribution in [2.45, 2.75) is 57.2 Å². The van der Waals surface area contributed by atoms with Crippen LogP contribution in [0.4, 0.5) is 0 Å². The number of likely N-dealkylation sites (N-methyl/N-ethyl adjacent to an activating group) is 1. The van der Waals surface area contributed by atoms with E-state index in [0.717, 1.165) is 49.4 Å². The molecule has 0 radical (unpaired) electrons. The normalized spacial score (nSPS) is 18.4. The van der Waals surface area contributed by atoms with E-state index in [0.29, 0.717) is 12.6 Å². The molecule has 3 aromatic rings. The minimum atomic E-state index is 0.00213. The number of carbonyl (C=O) groups is 1. The fourth-order valence-electron chi connectivity index (χ4n) is 6.49. The number of amides is 1. The number of nitrogens with zero attached hydrogens (tertiary/aromatic N) is 3. The maximum Gasteiger partial charge on any atom is 0.234 e. The largest absolute Gasteiger partial charge is 0.496 e. The van der Waals surface area contributed by atoms with Crippen LogP contribution in [0.1, 0.15) is 43.2 Å². The van der Waals surface area contributed by atoms with Gasteiger partial charge in [0.15, 0.2) is 0 Å². The van der Waals surface area contributed by atoms with Crippen molar-refractivity contribution in [1.82, 2.24) is 25.0 Å². The summed E-state index contributed by atoms with van der Waals surface area (Å²) in [5.74, 6) is 1.02. The zero-order chi connectivity index (χ0) is 27.0. The van der Waals surface area contributed by atoms with Gasteiger partial charge in [-0.05, 0) is 69.9 Å². The third-order valence-corrected chi connectivity index (χ3v) is 8.50. The molecule has 2 aromatic carbocycles. The summed E-state index contributed by atoms with van der Waals surface area (Å²) in [6, 6.07) is 17.2. The van der Waals surface area contributed by atoms with Crippen molar-refractivity contribution >= 4 is 16.8 Å². The predicted molar refractivity (Wildman–Crippen MR) is 158 cm³/mol. The lowest BCUT2D eigenvalue weighted by Gasteiger charge is -2.40. The lowest BCUT2D eigenvalue weighted by molar-refractivity contribution is -0.123. The maximum atomic E-state index is 13.3. The number of carbonyl (C=O) groups excluding carboxylic acids is 1. The minimum Gasteiger partial charge on any atom is -0.496 e. The lowest BCUT2D eigenvalue weighted by atomic mass is 10.00. The molecular weight excluding hydrogens is 486 g/mol. The topological polar surface area (TPSA) is 63.8 Å². The molecule has 2 saturated heterocycles. The highest BCUT2D eigenvalue weighted by atomic mass is 16.5. The van der Waals surface area contributed by atoms with Gasteiger partial charge in [0.25, 0.3) is 0 Å². The Labute approximate surface area is 233 Å². The van der Waals surface area contributed by atoms with Crippen molar-refractivity contribution in [3.8, 4) is 5.75 Å². The van der Waals surface area contributed by atoms with E-state index in [9.17, 15) is 4.79 Å². The molecule has 1 aromatic heterocycles.